The number of nitrogens with zero attached hydrogens (tertiary/aromatic N) is 3. The van der Waals surface area contributed by atoms with Crippen molar-refractivity contribution in [3.8, 4) is 11.5 Å². The molecule has 0 bridgehead atoms. The van der Waals surface area contributed by atoms with E-state index in [-0.39, 0.29) is 6.04 Å². The van der Waals surface area contributed by atoms with Crippen LogP contribution in [0.3, 0.4) is 0 Å². The van der Waals surface area contributed by atoms with Crippen molar-refractivity contribution < 1.29 is 4.52 Å². The largest absolute Gasteiger partial charge is 0.337 e. The number of hydrogen-bond acceptors (Lipinski definition) is 5. The predicted molar refractivity (Wildman–Crippen MR) is 67.3 cm³/mol. The molecule has 2 heterocycles. The van der Waals surface area contributed by atoms with Crippen molar-refractivity contribution >= 4 is 15.9 Å². The molecule has 0 aliphatic heterocycles. The molecule has 1 unspecified atom stereocenters. The van der Waals surface area contributed by atoms with Crippen molar-refractivity contribution in [2.45, 2.75) is 19.4 Å². The highest BCUT2D eigenvalue weighted by Crippen LogP contribution is 2.24. The molecule has 2 aromatic heterocycles. The van der Waals surface area contributed by atoms with Gasteiger partial charge in [0.2, 0.25) is 11.7 Å². The lowest BCUT2D eigenvalue weighted by Crippen LogP contribution is -2.15. The number of pyridine rings is 1. The van der Waals surface area contributed by atoms with E-state index in [0.717, 1.165) is 10.9 Å². The molecule has 0 spiro atoms. The Kier molecular flexibility index (Phi) is 3.86. The van der Waals surface area contributed by atoms with Crippen LogP contribution in [0.4, 0.5) is 0 Å². The molecule has 0 saturated carbocycles. The van der Waals surface area contributed by atoms with Crippen LogP contribution in [0.15, 0.2) is 27.3 Å². The number of hydrogen-bond donors (Lipinski definition) is 1. The van der Waals surface area contributed by atoms with Gasteiger partial charge in [0.1, 0.15) is 5.69 Å². The average molecular weight is 297 g/mol. The molecule has 0 fully saturated rings. The Bertz CT molecular complexity index is 496. The van der Waals surface area contributed by atoms with E-state index in [2.05, 4.69) is 43.3 Å². The Labute approximate surface area is 108 Å². The summed E-state index contributed by atoms with van der Waals surface area (Å²) in [5.41, 5.74) is 0.688. The molecule has 0 saturated heterocycles. The third kappa shape index (κ3) is 2.53. The summed E-state index contributed by atoms with van der Waals surface area (Å²) < 4.78 is 6.09. The van der Waals surface area contributed by atoms with Gasteiger partial charge in [0.15, 0.2) is 0 Å². The van der Waals surface area contributed by atoms with Crippen LogP contribution >= 0.6 is 15.9 Å². The summed E-state index contributed by atoms with van der Waals surface area (Å²) in [6.07, 6.45) is 2.59. The first-order valence-electron chi connectivity index (χ1n) is 5.38. The minimum atomic E-state index is 0.0822. The van der Waals surface area contributed by atoms with Gasteiger partial charge < -0.3 is 9.84 Å². The number of nitrogens with one attached hydrogen (secondary N) is 1. The van der Waals surface area contributed by atoms with E-state index in [1.165, 1.54) is 0 Å². The SMILES string of the molecule is CCC(NC)c1nc(-c2ncccc2Br)no1. The molecular weight excluding hydrogens is 284 g/mol. The van der Waals surface area contributed by atoms with Crippen molar-refractivity contribution in [3.05, 3.63) is 28.7 Å². The van der Waals surface area contributed by atoms with Crippen molar-refractivity contribution in [2.75, 3.05) is 7.05 Å². The van der Waals surface area contributed by atoms with Gasteiger partial charge in [-0.05, 0) is 41.5 Å². The van der Waals surface area contributed by atoms with Crippen LogP contribution < -0.4 is 5.32 Å². The molecule has 0 aliphatic rings. The van der Waals surface area contributed by atoms with E-state index < -0.39 is 0 Å². The van der Waals surface area contributed by atoms with Crippen molar-refractivity contribution in [2.24, 2.45) is 0 Å². The summed E-state index contributed by atoms with van der Waals surface area (Å²) in [6, 6.07) is 3.82. The Balaban J connectivity index is 2.33. The molecule has 5 nitrogen and oxygen atoms in total. The summed E-state index contributed by atoms with van der Waals surface area (Å²) in [7, 11) is 1.87. The maximum atomic E-state index is 5.23. The first-order valence-corrected chi connectivity index (χ1v) is 6.17. The topological polar surface area (TPSA) is 63.8 Å². The standard InChI is InChI=1S/C11H13BrN4O/c1-3-8(13-2)11-15-10(16-17-11)9-7(12)5-4-6-14-9/h4-6,8,13H,3H2,1-2H3. The lowest BCUT2D eigenvalue weighted by atomic mass is 10.2. The van der Waals surface area contributed by atoms with Crippen molar-refractivity contribution in [1.29, 1.82) is 0 Å². The molecule has 2 rings (SSSR count). The molecule has 6 heteroatoms. The zero-order valence-corrected chi connectivity index (χ0v) is 11.2. The fourth-order valence-electron chi connectivity index (χ4n) is 1.53. The van der Waals surface area contributed by atoms with Crippen LogP contribution in [0.1, 0.15) is 25.3 Å². The van der Waals surface area contributed by atoms with Gasteiger partial charge in [0.25, 0.3) is 0 Å². The smallest absolute Gasteiger partial charge is 0.244 e. The van der Waals surface area contributed by atoms with Gasteiger partial charge in [0, 0.05) is 10.7 Å². The normalized spacial score (nSPS) is 12.6. The van der Waals surface area contributed by atoms with Crippen LogP contribution in [0.2, 0.25) is 0 Å². The van der Waals surface area contributed by atoms with Gasteiger partial charge in [-0.3, -0.25) is 4.98 Å². The van der Waals surface area contributed by atoms with E-state index >= 15 is 0 Å². The highest BCUT2D eigenvalue weighted by atomic mass is 79.9. The minimum Gasteiger partial charge on any atom is -0.337 e. The molecule has 2 aromatic rings. The van der Waals surface area contributed by atoms with Gasteiger partial charge in [-0.15, -0.1) is 0 Å². The Hall–Kier alpha value is -1.27. The zero-order chi connectivity index (χ0) is 12.3. The molecular formula is C11H13BrN4O. The van der Waals surface area contributed by atoms with E-state index in [0.29, 0.717) is 17.4 Å². The molecule has 0 aromatic carbocycles. The molecule has 0 amide bonds. The number of rotatable bonds is 4. The average Bonchev–Trinajstić information content (AvgIpc) is 2.81. The summed E-state index contributed by atoms with van der Waals surface area (Å²) >= 11 is 3.41. The maximum absolute atomic E-state index is 5.23. The third-order valence-corrected chi connectivity index (χ3v) is 3.11. The van der Waals surface area contributed by atoms with Crippen molar-refractivity contribution in [3.63, 3.8) is 0 Å². The van der Waals surface area contributed by atoms with E-state index in [1.54, 1.807) is 6.20 Å². The molecule has 0 aliphatic carbocycles. The second-order valence-electron chi connectivity index (χ2n) is 3.54. The summed E-state index contributed by atoms with van der Waals surface area (Å²) in [4.78, 5) is 8.57. The second-order valence-corrected chi connectivity index (χ2v) is 4.39. The van der Waals surface area contributed by atoms with Crippen LogP contribution in [-0.4, -0.2) is 22.2 Å². The molecule has 1 atom stereocenters. The number of aromatic nitrogens is 3. The Morgan fingerprint density at radius 1 is 1.53 bits per heavy atom. The maximum Gasteiger partial charge on any atom is 0.244 e. The predicted octanol–water partition coefficient (Wildman–Crippen LogP) is 2.56. The molecule has 17 heavy (non-hydrogen) atoms. The second kappa shape index (κ2) is 5.37. The fourth-order valence-corrected chi connectivity index (χ4v) is 1.96. The van der Waals surface area contributed by atoms with E-state index in [9.17, 15) is 0 Å². The third-order valence-electron chi connectivity index (χ3n) is 2.47. The van der Waals surface area contributed by atoms with Crippen LogP contribution in [0.25, 0.3) is 11.5 Å². The minimum absolute atomic E-state index is 0.0822. The molecule has 1 N–H and O–H groups in total. The van der Waals surface area contributed by atoms with Crippen molar-refractivity contribution in [1.82, 2.24) is 20.4 Å². The monoisotopic (exact) mass is 296 g/mol. The van der Waals surface area contributed by atoms with E-state index in [1.807, 2.05) is 19.2 Å². The fraction of sp³-hybridized carbons (Fsp3) is 0.364. The Morgan fingerprint density at radius 3 is 3.00 bits per heavy atom. The highest BCUT2D eigenvalue weighted by molar-refractivity contribution is 9.10. The first-order chi connectivity index (χ1) is 8.26. The lowest BCUT2D eigenvalue weighted by Gasteiger charge is -2.06. The zero-order valence-electron chi connectivity index (χ0n) is 9.64. The van der Waals surface area contributed by atoms with Crippen LogP contribution in [0, 0.1) is 0 Å². The van der Waals surface area contributed by atoms with E-state index in [4.69, 9.17) is 4.52 Å². The molecule has 90 valence electrons. The summed E-state index contributed by atoms with van der Waals surface area (Å²) in [5.74, 6) is 1.09. The van der Waals surface area contributed by atoms with Crippen LogP contribution in [0.5, 0.6) is 0 Å². The van der Waals surface area contributed by atoms with Gasteiger partial charge in [-0.2, -0.15) is 4.98 Å². The summed E-state index contributed by atoms with van der Waals surface area (Å²) in [6.45, 7) is 2.06. The van der Waals surface area contributed by atoms with Gasteiger partial charge in [0.05, 0.1) is 6.04 Å². The molecule has 0 radical (unpaired) electrons. The highest BCUT2D eigenvalue weighted by Gasteiger charge is 2.17. The quantitative estimate of drug-likeness (QED) is 0.939. The van der Waals surface area contributed by atoms with Gasteiger partial charge in [-0.25, -0.2) is 0 Å². The van der Waals surface area contributed by atoms with Gasteiger partial charge >= 0.3 is 0 Å². The van der Waals surface area contributed by atoms with Gasteiger partial charge in [-0.1, -0.05) is 12.1 Å². The summed E-state index contributed by atoms with van der Waals surface area (Å²) in [5, 5.41) is 7.06. The lowest BCUT2D eigenvalue weighted by molar-refractivity contribution is 0.334. The number of halogens is 1. The first kappa shape index (κ1) is 12.2. The Morgan fingerprint density at radius 2 is 2.35 bits per heavy atom. The van der Waals surface area contributed by atoms with Crippen LogP contribution in [-0.2, 0) is 0 Å².